The number of benzene rings is 2. The number of carbonyl (C=O) groups is 3. The fourth-order valence-corrected chi connectivity index (χ4v) is 3.27. The molecule has 1 saturated heterocycles. The van der Waals surface area contributed by atoms with Crippen molar-refractivity contribution in [3.05, 3.63) is 65.2 Å². The van der Waals surface area contributed by atoms with E-state index in [1.807, 2.05) is 30.3 Å². The Morgan fingerprint density at radius 3 is 2.38 bits per heavy atom. The third-order valence-corrected chi connectivity index (χ3v) is 4.72. The predicted octanol–water partition coefficient (Wildman–Crippen LogP) is 3.06. The molecule has 1 heterocycles. The maximum atomic E-state index is 12.8. The lowest BCUT2D eigenvalue weighted by atomic mass is 10.1. The Labute approximate surface area is 157 Å². The van der Waals surface area contributed by atoms with Gasteiger partial charge in [-0.05, 0) is 36.2 Å². The zero-order valence-electron chi connectivity index (χ0n) is 14.4. The largest absolute Gasteiger partial charge is 0.330 e. The lowest BCUT2D eigenvalue weighted by Crippen LogP contribution is -2.45. The first kappa shape index (κ1) is 18.1. The number of nitrogens with zero attached hydrogens (tertiary/aromatic N) is 2. The van der Waals surface area contributed by atoms with Gasteiger partial charge in [0, 0.05) is 18.5 Å². The molecule has 0 bridgehead atoms. The van der Waals surface area contributed by atoms with E-state index in [2.05, 4.69) is 0 Å². The van der Waals surface area contributed by atoms with Crippen molar-refractivity contribution in [1.29, 1.82) is 0 Å². The van der Waals surface area contributed by atoms with E-state index < -0.39 is 6.04 Å². The summed E-state index contributed by atoms with van der Waals surface area (Å²) >= 11 is 5.87. The first-order chi connectivity index (χ1) is 12.5. The summed E-state index contributed by atoms with van der Waals surface area (Å²) in [4.78, 5) is 40.0. The Morgan fingerprint density at radius 1 is 1.12 bits per heavy atom. The molecule has 1 aliphatic rings. The van der Waals surface area contributed by atoms with E-state index in [1.54, 1.807) is 24.3 Å². The van der Waals surface area contributed by atoms with Crippen LogP contribution in [0.3, 0.4) is 0 Å². The summed E-state index contributed by atoms with van der Waals surface area (Å²) in [6.07, 6.45) is 0.620. The molecule has 2 aromatic carbocycles. The van der Waals surface area contributed by atoms with Gasteiger partial charge < -0.3 is 4.90 Å². The van der Waals surface area contributed by atoms with Gasteiger partial charge in [-0.15, -0.1) is 0 Å². The number of hydrogen-bond donors (Lipinski definition) is 0. The van der Waals surface area contributed by atoms with Crippen LogP contribution in [0.1, 0.15) is 18.9 Å². The van der Waals surface area contributed by atoms with Gasteiger partial charge in [-0.2, -0.15) is 0 Å². The topological polar surface area (TPSA) is 57.7 Å². The second-order valence-corrected chi connectivity index (χ2v) is 6.65. The van der Waals surface area contributed by atoms with Crippen LogP contribution < -0.4 is 4.90 Å². The van der Waals surface area contributed by atoms with Gasteiger partial charge in [0.2, 0.25) is 11.8 Å². The van der Waals surface area contributed by atoms with Crippen molar-refractivity contribution in [2.75, 3.05) is 11.4 Å². The van der Waals surface area contributed by atoms with Crippen molar-refractivity contribution in [3.63, 3.8) is 0 Å². The normalized spacial score (nSPS) is 16.8. The molecule has 0 spiro atoms. The molecule has 134 valence electrons. The fraction of sp³-hybridized carbons (Fsp3) is 0.250. The van der Waals surface area contributed by atoms with Gasteiger partial charge in [-0.1, -0.05) is 41.9 Å². The van der Waals surface area contributed by atoms with Crippen LogP contribution in [0.25, 0.3) is 0 Å². The molecule has 0 N–H and O–H groups in total. The van der Waals surface area contributed by atoms with Crippen LogP contribution in [-0.4, -0.2) is 35.2 Å². The first-order valence-corrected chi connectivity index (χ1v) is 8.78. The Bertz CT molecular complexity index is 821. The number of hydrogen-bond acceptors (Lipinski definition) is 3. The maximum absolute atomic E-state index is 12.8. The molecule has 1 atom stereocenters. The van der Waals surface area contributed by atoms with E-state index in [4.69, 9.17) is 11.6 Å². The Hall–Kier alpha value is -2.66. The zero-order chi connectivity index (χ0) is 18.7. The molecule has 3 amide bonds. The average molecular weight is 371 g/mol. The smallest absolute Gasteiger partial charge is 0.257 e. The molecular weight excluding hydrogens is 352 g/mol. The van der Waals surface area contributed by atoms with Gasteiger partial charge >= 0.3 is 0 Å². The average Bonchev–Trinajstić information content (AvgIpc) is 2.91. The van der Waals surface area contributed by atoms with E-state index in [0.29, 0.717) is 23.7 Å². The number of anilines is 1. The predicted molar refractivity (Wildman–Crippen MR) is 99.9 cm³/mol. The molecule has 1 fully saturated rings. The number of amides is 3. The quantitative estimate of drug-likeness (QED) is 0.760. The molecule has 2 aromatic rings. The molecule has 26 heavy (non-hydrogen) atoms. The summed E-state index contributed by atoms with van der Waals surface area (Å²) in [5, 5.41) is 0.526. The van der Waals surface area contributed by atoms with Crippen LogP contribution in [0, 0.1) is 0 Å². The van der Waals surface area contributed by atoms with Crippen LogP contribution in [0.15, 0.2) is 54.6 Å². The highest BCUT2D eigenvalue weighted by Crippen LogP contribution is 2.27. The summed E-state index contributed by atoms with van der Waals surface area (Å²) < 4.78 is 0. The van der Waals surface area contributed by atoms with E-state index in [9.17, 15) is 14.4 Å². The summed E-state index contributed by atoms with van der Waals surface area (Å²) in [7, 11) is 0. The van der Waals surface area contributed by atoms with E-state index in [0.717, 1.165) is 10.5 Å². The molecule has 0 radical (unpaired) electrons. The number of rotatable bonds is 5. The molecular formula is C20H19ClN2O3. The Kier molecular flexibility index (Phi) is 5.38. The second-order valence-electron chi connectivity index (χ2n) is 6.21. The standard InChI is InChI=1S/C20H19ClN2O3/c1-14(24)22(12-11-15-5-3-2-4-6-15)18-13-19(25)23(20(18)26)17-9-7-16(21)8-10-17/h2-10,18H,11-13H2,1H3. The fourth-order valence-electron chi connectivity index (χ4n) is 3.15. The summed E-state index contributed by atoms with van der Waals surface area (Å²) in [5.41, 5.74) is 1.54. The molecule has 0 saturated carbocycles. The van der Waals surface area contributed by atoms with Gasteiger partial charge in [0.15, 0.2) is 0 Å². The molecule has 1 unspecified atom stereocenters. The SMILES string of the molecule is CC(=O)N(CCc1ccccc1)C1CC(=O)N(c2ccc(Cl)cc2)C1=O. The minimum absolute atomic E-state index is 0.00414. The zero-order valence-corrected chi connectivity index (χ0v) is 15.1. The van der Waals surface area contributed by atoms with Gasteiger partial charge in [-0.25, -0.2) is 4.90 Å². The molecule has 0 aliphatic carbocycles. The summed E-state index contributed by atoms with van der Waals surface area (Å²) in [6, 6.07) is 15.5. The lowest BCUT2D eigenvalue weighted by Gasteiger charge is -2.26. The molecule has 1 aliphatic heterocycles. The highest BCUT2D eigenvalue weighted by atomic mass is 35.5. The first-order valence-electron chi connectivity index (χ1n) is 8.41. The van der Waals surface area contributed by atoms with Gasteiger partial charge in [-0.3, -0.25) is 14.4 Å². The monoisotopic (exact) mass is 370 g/mol. The Balaban J connectivity index is 1.77. The Morgan fingerprint density at radius 2 is 1.77 bits per heavy atom. The van der Waals surface area contributed by atoms with Crippen LogP contribution in [0.2, 0.25) is 5.02 Å². The number of carbonyl (C=O) groups excluding carboxylic acids is 3. The maximum Gasteiger partial charge on any atom is 0.257 e. The van der Waals surface area contributed by atoms with Crippen molar-refractivity contribution in [1.82, 2.24) is 4.90 Å². The van der Waals surface area contributed by atoms with Crippen molar-refractivity contribution in [2.45, 2.75) is 25.8 Å². The molecule has 5 nitrogen and oxygen atoms in total. The van der Waals surface area contributed by atoms with Crippen molar-refractivity contribution < 1.29 is 14.4 Å². The van der Waals surface area contributed by atoms with Crippen LogP contribution in [-0.2, 0) is 20.8 Å². The molecule has 0 aromatic heterocycles. The summed E-state index contributed by atoms with van der Waals surface area (Å²) in [6.45, 7) is 1.81. The van der Waals surface area contributed by atoms with Crippen molar-refractivity contribution in [3.8, 4) is 0 Å². The lowest BCUT2D eigenvalue weighted by molar-refractivity contribution is -0.136. The highest BCUT2D eigenvalue weighted by Gasteiger charge is 2.43. The van der Waals surface area contributed by atoms with E-state index in [-0.39, 0.29) is 24.1 Å². The minimum Gasteiger partial charge on any atom is -0.330 e. The van der Waals surface area contributed by atoms with Gasteiger partial charge in [0.25, 0.3) is 5.91 Å². The summed E-state index contributed by atoms with van der Waals surface area (Å²) in [5.74, 6) is -0.904. The van der Waals surface area contributed by atoms with Crippen LogP contribution in [0.4, 0.5) is 5.69 Å². The van der Waals surface area contributed by atoms with Crippen molar-refractivity contribution >= 4 is 35.0 Å². The van der Waals surface area contributed by atoms with E-state index >= 15 is 0 Å². The third-order valence-electron chi connectivity index (χ3n) is 4.47. The minimum atomic E-state index is -0.764. The van der Waals surface area contributed by atoms with Crippen LogP contribution >= 0.6 is 11.6 Å². The molecule has 3 rings (SSSR count). The van der Waals surface area contributed by atoms with Gasteiger partial charge in [0.1, 0.15) is 6.04 Å². The third kappa shape index (κ3) is 3.78. The second kappa shape index (κ2) is 7.70. The number of imide groups is 1. The molecule has 6 heteroatoms. The highest BCUT2D eigenvalue weighted by molar-refractivity contribution is 6.30. The van der Waals surface area contributed by atoms with E-state index in [1.165, 1.54) is 11.8 Å². The van der Waals surface area contributed by atoms with Crippen molar-refractivity contribution in [2.24, 2.45) is 0 Å². The van der Waals surface area contributed by atoms with Gasteiger partial charge in [0.05, 0.1) is 12.1 Å². The van der Waals surface area contributed by atoms with Crippen LogP contribution in [0.5, 0.6) is 0 Å². The number of halogens is 1.